The minimum absolute atomic E-state index is 0.365. The van der Waals surface area contributed by atoms with Gasteiger partial charge in [-0.3, -0.25) is 0 Å². The third-order valence-corrected chi connectivity index (χ3v) is 2.57. The molecule has 0 amide bonds. The second kappa shape index (κ2) is 5.50. The number of nitrogens with one attached hydrogen (secondary N) is 1. The topological polar surface area (TPSA) is 78.0 Å². The Labute approximate surface area is 106 Å². The number of ether oxygens (including phenoxy) is 1. The molecule has 96 valence electrons. The van der Waals surface area contributed by atoms with Crippen LogP contribution >= 0.6 is 0 Å². The molecule has 0 saturated carbocycles. The van der Waals surface area contributed by atoms with Crippen LogP contribution in [0.15, 0.2) is 24.3 Å². The Balaban J connectivity index is 2.22. The zero-order valence-corrected chi connectivity index (χ0v) is 10.6. The molecule has 6 nitrogen and oxygen atoms in total. The Bertz CT molecular complexity index is 523. The van der Waals surface area contributed by atoms with Crippen molar-refractivity contribution >= 4 is 11.9 Å². The molecule has 1 aromatic carbocycles. The van der Waals surface area contributed by atoms with Gasteiger partial charge in [0.25, 0.3) is 0 Å². The van der Waals surface area contributed by atoms with E-state index in [1.807, 2.05) is 31.2 Å². The number of nitrogens with zero attached hydrogens (tertiary/aromatic N) is 3. The Hall–Kier alpha value is -2.08. The highest BCUT2D eigenvalue weighted by Crippen LogP contribution is 2.16. The van der Waals surface area contributed by atoms with Crippen molar-refractivity contribution in [3.05, 3.63) is 29.8 Å². The van der Waals surface area contributed by atoms with Crippen LogP contribution in [-0.4, -0.2) is 35.0 Å². The van der Waals surface area contributed by atoms with Crippen LogP contribution in [0.1, 0.15) is 5.56 Å². The van der Waals surface area contributed by atoms with Gasteiger partial charge in [0.15, 0.2) is 0 Å². The Morgan fingerprint density at radius 3 is 2.89 bits per heavy atom. The summed E-state index contributed by atoms with van der Waals surface area (Å²) in [6, 6.07) is 7.89. The molecule has 0 aliphatic heterocycles. The molecule has 0 bridgehead atoms. The van der Waals surface area contributed by atoms with E-state index in [0.717, 1.165) is 11.3 Å². The van der Waals surface area contributed by atoms with Gasteiger partial charge in [0.2, 0.25) is 11.9 Å². The maximum absolute atomic E-state index is 5.86. The number of nitrogen functional groups attached to an aromatic ring is 1. The summed E-state index contributed by atoms with van der Waals surface area (Å²) in [5.74, 6) is 0.872. The number of rotatable bonds is 5. The maximum Gasteiger partial charge on any atom is 0.244 e. The lowest BCUT2D eigenvalue weighted by Crippen LogP contribution is -2.09. The van der Waals surface area contributed by atoms with E-state index in [-0.39, 0.29) is 0 Å². The van der Waals surface area contributed by atoms with Gasteiger partial charge >= 0.3 is 0 Å². The summed E-state index contributed by atoms with van der Waals surface area (Å²) in [6.45, 7) is 3.25. The standard InChI is InChI=1S/C12H17N5O/c1-9-5-3-4-6-10(9)17-11(13)15-12(16-17)14-7-8-18-2/h3-6H,7-8H2,1-2H3,(H3,13,14,15,16). The van der Waals surface area contributed by atoms with Crippen molar-refractivity contribution < 1.29 is 4.74 Å². The molecule has 0 atom stereocenters. The second-order valence-corrected chi connectivity index (χ2v) is 3.91. The first-order valence-electron chi connectivity index (χ1n) is 5.73. The summed E-state index contributed by atoms with van der Waals surface area (Å²) in [5, 5.41) is 7.37. The lowest BCUT2D eigenvalue weighted by atomic mass is 10.2. The number of aryl methyl sites for hydroxylation is 1. The van der Waals surface area contributed by atoms with Crippen LogP contribution in [-0.2, 0) is 4.74 Å². The molecular formula is C12H17N5O. The van der Waals surface area contributed by atoms with Crippen molar-refractivity contribution in [3.8, 4) is 5.69 Å². The fourth-order valence-electron chi connectivity index (χ4n) is 1.64. The van der Waals surface area contributed by atoms with Crippen LogP contribution in [0.4, 0.5) is 11.9 Å². The monoisotopic (exact) mass is 247 g/mol. The van der Waals surface area contributed by atoms with Gasteiger partial charge in [-0.15, -0.1) is 5.10 Å². The van der Waals surface area contributed by atoms with Gasteiger partial charge in [0.05, 0.1) is 12.3 Å². The van der Waals surface area contributed by atoms with Crippen LogP contribution in [0.5, 0.6) is 0 Å². The summed E-state index contributed by atoms with van der Waals surface area (Å²) in [4.78, 5) is 4.16. The minimum atomic E-state index is 0.365. The number of aromatic nitrogens is 3. The predicted molar refractivity (Wildman–Crippen MR) is 70.9 cm³/mol. The molecule has 6 heteroatoms. The fourth-order valence-corrected chi connectivity index (χ4v) is 1.64. The highest BCUT2D eigenvalue weighted by Gasteiger charge is 2.09. The van der Waals surface area contributed by atoms with E-state index in [0.29, 0.717) is 25.0 Å². The molecule has 0 saturated heterocycles. The van der Waals surface area contributed by atoms with Crippen molar-refractivity contribution in [2.24, 2.45) is 0 Å². The van der Waals surface area contributed by atoms with Gasteiger partial charge in [-0.2, -0.15) is 9.67 Å². The Morgan fingerprint density at radius 2 is 2.17 bits per heavy atom. The van der Waals surface area contributed by atoms with Crippen LogP contribution in [0.2, 0.25) is 0 Å². The average molecular weight is 247 g/mol. The average Bonchev–Trinajstić information content (AvgIpc) is 2.71. The minimum Gasteiger partial charge on any atom is -0.383 e. The van der Waals surface area contributed by atoms with Crippen molar-refractivity contribution in [1.82, 2.24) is 14.8 Å². The highest BCUT2D eigenvalue weighted by molar-refractivity contribution is 5.46. The molecule has 1 heterocycles. The number of hydrogen-bond acceptors (Lipinski definition) is 5. The largest absolute Gasteiger partial charge is 0.383 e. The summed E-state index contributed by atoms with van der Waals surface area (Å²) >= 11 is 0. The first-order valence-corrected chi connectivity index (χ1v) is 5.73. The van der Waals surface area contributed by atoms with Gasteiger partial charge in [0.1, 0.15) is 0 Å². The lowest BCUT2D eigenvalue weighted by Gasteiger charge is -2.05. The van der Waals surface area contributed by atoms with Gasteiger partial charge in [-0.25, -0.2) is 0 Å². The van der Waals surface area contributed by atoms with E-state index < -0.39 is 0 Å². The maximum atomic E-state index is 5.86. The predicted octanol–water partition coefficient (Wildman–Crippen LogP) is 1.22. The molecule has 3 N–H and O–H groups in total. The van der Waals surface area contributed by atoms with Gasteiger partial charge in [-0.1, -0.05) is 18.2 Å². The van der Waals surface area contributed by atoms with Crippen molar-refractivity contribution in [2.75, 3.05) is 31.3 Å². The van der Waals surface area contributed by atoms with Gasteiger partial charge in [-0.05, 0) is 18.6 Å². The highest BCUT2D eigenvalue weighted by atomic mass is 16.5. The normalized spacial score (nSPS) is 10.6. The smallest absolute Gasteiger partial charge is 0.244 e. The summed E-state index contributed by atoms with van der Waals surface area (Å²) in [7, 11) is 1.65. The molecule has 2 aromatic rings. The van der Waals surface area contributed by atoms with Crippen molar-refractivity contribution in [2.45, 2.75) is 6.92 Å². The SMILES string of the molecule is COCCNc1nc(N)n(-c2ccccc2C)n1. The van der Waals surface area contributed by atoms with E-state index in [2.05, 4.69) is 15.4 Å². The number of para-hydroxylation sites is 1. The molecule has 0 aliphatic rings. The quantitative estimate of drug-likeness (QED) is 0.777. The Morgan fingerprint density at radius 1 is 1.39 bits per heavy atom. The van der Waals surface area contributed by atoms with E-state index in [1.165, 1.54) is 0 Å². The zero-order valence-electron chi connectivity index (χ0n) is 10.6. The molecular weight excluding hydrogens is 230 g/mol. The van der Waals surface area contributed by atoms with E-state index in [1.54, 1.807) is 11.8 Å². The lowest BCUT2D eigenvalue weighted by molar-refractivity contribution is 0.210. The van der Waals surface area contributed by atoms with E-state index >= 15 is 0 Å². The molecule has 0 spiro atoms. The summed E-state index contributed by atoms with van der Waals surface area (Å²) < 4.78 is 6.58. The summed E-state index contributed by atoms with van der Waals surface area (Å²) in [5.41, 5.74) is 7.89. The molecule has 0 fully saturated rings. The molecule has 0 aliphatic carbocycles. The Kier molecular flexibility index (Phi) is 3.78. The summed E-state index contributed by atoms with van der Waals surface area (Å²) in [6.07, 6.45) is 0. The number of methoxy groups -OCH3 is 1. The van der Waals surface area contributed by atoms with Crippen LogP contribution in [0, 0.1) is 6.92 Å². The van der Waals surface area contributed by atoms with E-state index in [4.69, 9.17) is 10.5 Å². The second-order valence-electron chi connectivity index (χ2n) is 3.91. The number of anilines is 2. The fraction of sp³-hybridized carbons (Fsp3) is 0.333. The number of hydrogen-bond donors (Lipinski definition) is 2. The zero-order chi connectivity index (χ0) is 13.0. The van der Waals surface area contributed by atoms with Crippen molar-refractivity contribution in [3.63, 3.8) is 0 Å². The molecule has 2 rings (SSSR count). The third kappa shape index (κ3) is 2.60. The van der Waals surface area contributed by atoms with Crippen LogP contribution in [0.3, 0.4) is 0 Å². The van der Waals surface area contributed by atoms with Crippen LogP contribution in [0.25, 0.3) is 5.69 Å². The number of benzene rings is 1. The molecule has 1 aromatic heterocycles. The first kappa shape index (κ1) is 12.4. The van der Waals surface area contributed by atoms with Gasteiger partial charge < -0.3 is 15.8 Å². The van der Waals surface area contributed by atoms with Crippen molar-refractivity contribution in [1.29, 1.82) is 0 Å². The first-order chi connectivity index (χ1) is 8.72. The number of nitrogens with two attached hydrogens (primary N) is 1. The van der Waals surface area contributed by atoms with Gasteiger partial charge in [0, 0.05) is 13.7 Å². The molecule has 18 heavy (non-hydrogen) atoms. The van der Waals surface area contributed by atoms with Crippen LogP contribution < -0.4 is 11.1 Å². The molecule has 0 radical (unpaired) electrons. The molecule has 0 unspecified atom stereocenters. The van der Waals surface area contributed by atoms with E-state index in [9.17, 15) is 0 Å². The third-order valence-electron chi connectivity index (χ3n) is 2.57.